The molecule has 0 aliphatic carbocycles. The van der Waals surface area contributed by atoms with Crippen molar-refractivity contribution < 1.29 is 13.2 Å². The molecular weight excluding hydrogens is 254 g/mol. The molecule has 7 heteroatoms. The van der Waals surface area contributed by atoms with Crippen molar-refractivity contribution in [1.82, 2.24) is 14.9 Å². The summed E-state index contributed by atoms with van der Waals surface area (Å²) in [6.45, 7) is 3.63. The number of hydrogen-bond acceptors (Lipinski definition) is 4. The Morgan fingerprint density at radius 1 is 1.50 bits per heavy atom. The fourth-order valence-corrected chi connectivity index (χ4v) is 3.09. The van der Waals surface area contributed by atoms with Gasteiger partial charge in [0.05, 0.1) is 12.3 Å². The first kappa shape index (κ1) is 15.4. The van der Waals surface area contributed by atoms with Gasteiger partial charge in [-0.05, 0) is 32.2 Å². The van der Waals surface area contributed by atoms with Crippen LogP contribution in [0.3, 0.4) is 0 Å². The van der Waals surface area contributed by atoms with Gasteiger partial charge in [0.15, 0.2) is 0 Å². The Labute approximate surface area is 109 Å². The number of carbonyl (C=O) groups excluding carboxylic acids is 1. The van der Waals surface area contributed by atoms with E-state index in [0.717, 1.165) is 12.8 Å². The van der Waals surface area contributed by atoms with Crippen LogP contribution in [0.25, 0.3) is 0 Å². The molecular formula is C11H23N3O3S. The van der Waals surface area contributed by atoms with Gasteiger partial charge in [-0.1, -0.05) is 0 Å². The van der Waals surface area contributed by atoms with Gasteiger partial charge in [0.1, 0.15) is 0 Å². The molecule has 2 unspecified atom stereocenters. The summed E-state index contributed by atoms with van der Waals surface area (Å²) >= 11 is 0. The van der Waals surface area contributed by atoms with Crippen molar-refractivity contribution in [2.75, 3.05) is 32.9 Å². The van der Waals surface area contributed by atoms with E-state index in [1.165, 1.54) is 10.6 Å². The van der Waals surface area contributed by atoms with Gasteiger partial charge < -0.3 is 10.6 Å². The van der Waals surface area contributed by atoms with Gasteiger partial charge in [-0.2, -0.15) is 0 Å². The lowest BCUT2D eigenvalue weighted by atomic mass is 9.99. The van der Waals surface area contributed by atoms with Gasteiger partial charge in [0.25, 0.3) is 0 Å². The molecule has 0 saturated carbocycles. The molecule has 0 radical (unpaired) electrons. The van der Waals surface area contributed by atoms with Gasteiger partial charge in [-0.3, -0.25) is 4.79 Å². The van der Waals surface area contributed by atoms with Crippen molar-refractivity contribution in [3.05, 3.63) is 0 Å². The molecule has 18 heavy (non-hydrogen) atoms. The molecule has 6 nitrogen and oxygen atoms in total. The average Bonchev–Trinajstić information content (AvgIpc) is 2.34. The monoisotopic (exact) mass is 277 g/mol. The zero-order valence-electron chi connectivity index (χ0n) is 11.3. The normalized spacial score (nSPS) is 23.6. The van der Waals surface area contributed by atoms with Crippen molar-refractivity contribution in [3.63, 3.8) is 0 Å². The molecule has 106 valence electrons. The molecule has 0 aromatic carbocycles. The van der Waals surface area contributed by atoms with Gasteiger partial charge in [0, 0.05) is 20.1 Å². The Balaban J connectivity index is 2.42. The van der Waals surface area contributed by atoms with E-state index in [2.05, 4.69) is 10.6 Å². The fraction of sp³-hybridized carbons (Fsp3) is 0.909. The van der Waals surface area contributed by atoms with Crippen LogP contribution in [0, 0.1) is 5.92 Å². The van der Waals surface area contributed by atoms with Crippen LogP contribution < -0.4 is 10.6 Å². The number of likely N-dealkylation sites (N-methyl/N-ethyl adjacent to an activating group) is 1. The highest BCUT2D eigenvalue weighted by Crippen LogP contribution is 2.17. The number of rotatable bonds is 5. The summed E-state index contributed by atoms with van der Waals surface area (Å²) in [5.74, 6) is 0.228. The van der Waals surface area contributed by atoms with Crippen molar-refractivity contribution in [2.24, 2.45) is 5.92 Å². The standard InChI is InChI=1S/C11H23N3O3S/c1-9(11(15)12-2)13-7-10-5-4-6-14(8-10)18(3,16)17/h9-10,13H,4-8H2,1-3H3,(H,12,15). The second kappa shape index (κ2) is 6.49. The number of amides is 1. The smallest absolute Gasteiger partial charge is 0.236 e. The summed E-state index contributed by atoms with van der Waals surface area (Å²) in [4.78, 5) is 11.3. The largest absolute Gasteiger partial charge is 0.358 e. The van der Waals surface area contributed by atoms with E-state index in [1.807, 2.05) is 0 Å². The third-order valence-electron chi connectivity index (χ3n) is 3.30. The number of nitrogens with zero attached hydrogens (tertiary/aromatic N) is 1. The molecule has 2 atom stereocenters. The van der Waals surface area contributed by atoms with Crippen molar-refractivity contribution in [1.29, 1.82) is 0 Å². The van der Waals surface area contributed by atoms with Crippen molar-refractivity contribution in [3.8, 4) is 0 Å². The summed E-state index contributed by atoms with van der Waals surface area (Å²) in [5, 5.41) is 5.72. The molecule has 1 heterocycles. The van der Waals surface area contributed by atoms with E-state index in [9.17, 15) is 13.2 Å². The van der Waals surface area contributed by atoms with E-state index >= 15 is 0 Å². The topological polar surface area (TPSA) is 78.5 Å². The first-order valence-corrected chi connectivity index (χ1v) is 8.09. The van der Waals surface area contributed by atoms with E-state index in [4.69, 9.17) is 0 Å². The maximum Gasteiger partial charge on any atom is 0.236 e. The summed E-state index contributed by atoms with van der Waals surface area (Å²) in [6.07, 6.45) is 3.13. The highest BCUT2D eigenvalue weighted by Gasteiger charge is 2.26. The second-order valence-corrected chi connectivity index (χ2v) is 6.86. The quantitative estimate of drug-likeness (QED) is 0.702. The summed E-state index contributed by atoms with van der Waals surface area (Å²) < 4.78 is 24.5. The van der Waals surface area contributed by atoms with Gasteiger partial charge in [-0.15, -0.1) is 0 Å². The first-order chi connectivity index (χ1) is 8.34. The van der Waals surface area contributed by atoms with Crippen LogP contribution in [0.4, 0.5) is 0 Å². The lowest BCUT2D eigenvalue weighted by Gasteiger charge is -2.31. The molecule has 1 amide bonds. The Morgan fingerprint density at radius 2 is 2.17 bits per heavy atom. The Morgan fingerprint density at radius 3 is 2.72 bits per heavy atom. The lowest BCUT2D eigenvalue weighted by Crippen LogP contribution is -2.46. The predicted molar refractivity (Wildman–Crippen MR) is 70.7 cm³/mol. The van der Waals surface area contributed by atoms with Crippen LogP contribution >= 0.6 is 0 Å². The van der Waals surface area contributed by atoms with Gasteiger partial charge in [-0.25, -0.2) is 12.7 Å². The highest BCUT2D eigenvalue weighted by atomic mass is 32.2. The molecule has 1 aliphatic rings. The number of sulfonamides is 1. The zero-order chi connectivity index (χ0) is 13.8. The molecule has 0 aromatic rings. The lowest BCUT2D eigenvalue weighted by molar-refractivity contribution is -0.122. The van der Waals surface area contributed by atoms with E-state index in [0.29, 0.717) is 19.6 Å². The van der Waals surface area contributed by atoms with Crippen LogP contribution in [0.15, 0.2) is 0 Å². The molecule has 0 aromatic heterocycles. The molecule has 1 fully saturated rings. The Kier molecular flexibility index (Phi) is 5.55. The third kappa shape index (κ3) is 4.55. The Hall–Kier alpha value is -0.660. The predicted octanol–water partition coefficient (Wildman–Crippen LogP) is -0.618. The van der Waals surface area contributed by atoms with Crippen LogP contribution in [0.1, 0.15) is 19.8 Å². The van der Waals surface area contributed by atoms with E-state index in [1.54, 1.807) is 14.0 Å². The number of nitrogens with one attached hydrogen (secondary N) is 2. The molecule has 0 spiro atoms. The van der Waals surface area contributed by atoms with Crippen LogP contribution in [-0.4, -0.2) is 57.6 Å². The van der Waals surface area contributed by atoms with Crippen LogP contribution in [0.2, 0.25) is 0 Å². The maximum absolute atomic E-state index is 11.5. The third-order valence-corrected chi connectivity index (χ3v) is 4.57. The molecule has 1 aliphatic heterocycles. The van der Waals surface area contributed by atoms with Crippen LogP contribution in [0.5, 0.6) is 0 Å². The van der Waals surface area contributed by atoms with E-state index < -0.39 is 10.0 Å². The molecule has 1 rings (SSSR count). The number of hydrogen-bond donors (Lipinski definition) is 2. The zero-order valence-corrected chi connectivity index (χ0v) is 12.1. The molecule has 1 saturated heterocycles. The first-order valence-electron chi connectivity index (χ1n) is 6.24. The highest BCUT2D eigenvalue weighted by molar-refractivity contribution is 7.88. The van der Waals surface area contributed by atoms with Crippen molar-refractivity contribution >= 4 is 15.9 Å². The van der Waals surface area contributed by atoms with Crippen molar-refractivity contribution in [2.45, 2.75) is 25.8 Å². The SMILES string of the molecule is CNC(=O)C(C)NCC1CCCN(S(C)(=O)=O)C1. The maximum atomic E-state index is 11.5. The Bertz CT molecular complexity index is 383. The molecule has 0 bridgehead atoms. The fourth-order valence-electron chi connectivity index (χ4n) is 2.15. The second-order valence-electron chi connectivity index (χ2n) is 4.87. The summed E-state index contributed by atoms with van der Waals surface area (Å²) in [7, 11) is -1.49. The summed E-state index contributed by atoms with van der Waals surface area (Å²) in [6, 6.07) is -0.247. The minimum absolute atomic E-state index is 0.0502. The average molecular weight is 277 g/mol. The van der Waals surface area contributed by atoms with E-state index in [-0.39, 0.29) is 17.9 Å². The number of piperidine rings is 1. The number of carbonyl (C=O) groups is 1. The van der Waals surface area contributed by atoms with Crippen LogP contribution in [-0.2, 0) is 14.8 Å². The minimum Gasteiger partial charge on any atom is -0.358 e. The molecule has 2 N–H and O–H groups in total. The van der Waals surface area contributed by atoms with Gasteiger partial charge >= 0.3 is 0 Å². The minimum atomic E-state index is -3.09. The summed E-state index contributed by atoms with van der Waals surface area (Å²) in [5.41, 5.74) is 0. The van der Waals surface area contributed by atoms with Gasteiger partial charge in [0.2, 0.25) is 15.9 Å².